The SMILES string of the molecule is CC1=C(C(=O)NCCCCCCNC(=O)C2=C(C)C3(CCCCC3)OC2=O)C(=O)OC12CCCCC2. The molecule has 0 aromatic rings. The van der Waals surface area contributed by atoms with E-state index in [0.29, 0.717) is 13.1 Å². The number of unbranched alkanes of at least 4 members (excludes halogenated alkanes) is 3. The van der Waals surface area contributed by atoms with Crippen LogP contribution in [0, 0.1) is 0 Å². The highest BCUT2D eigenvalue weighted by atomic mass is 16.6. The van der Waals surface area contributed by atoms with E-state index < -0.39 is 23.1 Å². The van der Waals surface area contributed by atoms with Gasteiger partial charge < -0.3 is 20.1 Å². The number of carbonyl (C=O) groups is 4. The number of rotatable bonds is 9. The number of hydrogen-bond acceptors (Lipinski definition) is 6. The van der Waals surface area contributed by atoms with Gasteiger partial charge in [0.25, 0.3) is 11.8 Å². The Labute approximate surface area is 213 Å². The lowest BCUT2D eigenvalue weighted by Gasteiger charge is -2.33. The average molecular weight is 501 g/mol. The lowest BCUT2D eigenvalue weighted by Crippen LogP contribution is -2.33. The van der Waals surface area contributed by atoms with Crippen LogP contribution < -0.4 is 10.6 Å². The third-order valence-electron chi connectivity index (χ3n) is 8.55. The molecule has 2 spiro atoms. The molecule has 198 valence electrons. The predicted molar refractivity (Wildman–Crippen MR) is 134 cm³/mol. The second-order valence-corrected chi connectivity index (χ2v) is 10.8. The molecular weight excluding hydrogens is 460 g/mol. The highest BCUT2D eigenvalue weighted by Gasteiger charge is 2.48. The van der Waals surface area contributed by atoms with Gasteiger partial charge in [0.15, 0.2) is 0 Å². The van der Waals surface area contributed by atoms with Crippen molar-refractivity contribution in [1.82, 2.24) is 10.6 Å². The molecule has 2 saturated carbocycles. The van der Waals surface area contributed by atoms with E-state index in [1.54, 1.807) is 0 Å². The molecule has 0 aromatic carbocycles. The van der Waals surface area contributed by atoms with Crippen LogP contribution >= 0.6 is 0 Å². The van der Waals surface area contributed by atoms with Crippen molar-refractivity contribution in [2.24, 2.45) is 0 Å². The first-order chi connectivity index (χ1) is 17.3. The highest BCUT2D eigenvalue weighted by molar-refractivity contribution is 6.19. The van der Waals surface area contributed by atoms with Crippen molar-refractivity contribution in [2.75, 3.05) is 13.1 Å². The van der Waals surface area contributed by atoms with Crippen molar-refractivity contribution in [3.05, 3.63) is 22.3 Å². The van der Waals surface area contributed by atoms with Crippen LogP contribution in [0.25, 0.3) is 0 Å². The molecule has 2 N–H and O–H groups in total. The molecule has 2 aliphatic heterocycles. The fourth-order valence-corrected chi connectivity index (χ4v) is 6.28. The molecule has 0 aromatic heterocycles. The molecule has 8 heteroatoms. The second kappa shape index (κ2) is 11.2. The summed E-state index contributed by atoms with van der Waals surface area (Å²) in [7, 11) is 0. The van der Waals surface area contributed by atoms with Crippen LogP contribution in [-0.2, 0) is 28.7 Å². The lowest BCUT2D eigenvalue weighted by atomic mass is 9.79. The van der Waals surface area contributed by atoms with E-state index in [4.69, 9.17) is 9.47 Å². The van der Waals surface area contributed by atoms with Gasteiger partial charge in [0.2, 0.25) is 0 Å². The average Bonchev–Trinajstić information content (AvgIpc) is 3.24. The van der Waals surface area contributed by atoms with Gasteiger partial charge in [0, 0.05) is 13.1 Å². The second-order valence-electron chi connectivity index (χ2n) is 10.8. The molecule has 4 rings (SSSR count). The van der Waals surface area contributed by atoms with Crippen LogP contribution in [0.2, 0.25) is 0 Å². The molecule has 2 aliphatic carbocycles. The van der Waals surface area contributed by atoms with E-state index in [-0.39, 0.29) is 23.0 Å². The molecule has 0 atom stereocenters. The van der Waals surface area contributed by atoms with Gasteiger partial charge in [0.1, 0.15) is 22.3 Å². The summed E-state index contributed by atoms with van der Waals surface area (Å²) in [5.74, 6) is -1.66. The smallest absolute Gasteiger partial charge is 0.344 e. The largest absolute Gasteiger partial charge is 0.451 e. The summed E-state index contributed by atoms with van der Waals surface area (Å²) >= 11 is 0. The number of carbonyl (C=O) groups excluding carboxylic acids is 4. The Hall–Kier alpha value is -2.64. The van der Waals surface area contributed by atoms with Crippen molar-refractivity contribution in [3.8, 4) is 0 Å². The van der Waals surface area contributed by atoms with Crippen LogP contribution in [0.4, 0.5) is 0 Å². The summed E-state index contributed by atoms with van der Waals surface area (Å²) in [5, 5.41) is 5.73. The van der Waals surface area contributed by atoms with E-state index in [1.165, 1.54) is 0 Å². The third-order valence-corrected chi connectivity index (χ3v) is 8.55. The van der Waals surface area contributed by atoms with Crippen molar-refractivity contribution in [2.45, 2.75) is 115 Å². The van der Waals surface area contributed by atoms with Crippen molar-refractivity contribution in [3.63, 3.8) is 0 Å². The Morgan fingerprint density at radius 3 is 1.36 bits per heavy atom. The molecule has 8 nitrogen and oxygen atoms in total. The fraction of sp³-hybridized carbons (Fsp3) is 0.714. The predicted octanol–water partition coefficient (Wildman–Crippen LogP) is 3.93. The van der Waals surface area contributed by atoms with Gasteiger partial charge in [-0.05, 0) is 89.2 Å². The summed E-state index contributed by atoms with van der Waals surface area (Å²) in [6.45, 7) is 4.69. The maximum atomic E-state index is 12.6. The molecule has 2 heterocycles. The van der Waals surface area contributed by atoms with Gasteiger partial charge in [-0.1, -0.05) is 25.7 Å². The van der Waals surface area contributed by atoms with Gasteiger partial charge in [-0.15, -0.1) is 0 Å². The molecule has 0 saturated heterocycles. The minimum absolute atomic E-state index is 0.185. The van der Waals surface area contributed by atoms with Gasteiger partial charge >= 0.3 is 11.9 Å². The molecule has 2 fully saturated rings. The molecule has 0 radical (unpaired) electrons. The first-order valence-corrected chi connectivity index (χ1v) is 13.8. The number of esters is 2. The number of hydrogen-bond donors (Lipinski definition) is 2. The number of ether oxygens (including phenoxy) is 2. The molecule has 0 unspecified atom stereocenters. The Kier molecular flexibility index (Phi) is 8.20. The fourth-order valence-electron chi connectivity index (χ4n) is 6.28. The van der Waals surface area contributed by atoms with E-state index in [1.807, 2.05) is 13.8 Å². The number of amides is 2. The molecular formula is C28H40N2O6. The quantitative estimate of drug-likeness (QED) is 0.282. The number of nitrogens with one attached hydrogen (secondary N) is 2. The van der Waals surface area contributed by atoms with E-state index >= 15 is 0 Å². The zero-order valence-corrected chi connectivity index (χ0v) is 21.8. The topological polar surface area (TPSA) is 111 Å². The molecule has 2 amide bonds. The van der Waals surface area contributed by atoms with E-state index in [2.05, 4.69) is 10.6 Å². The van der Waals surface area contributed by atoms with Crippen molar-refractivity contribution < 1.29 is 28.7 Å². The first-order valence-electron chi connectivity index (χ1n) is 13.8. The van der Waals surface area contributed by atoms with Crippen LogP contribution in [0.5, 0.6) is 0 Å². The molecule has 0 bridgehead atoms. The molecule has 36 heavy (non-hydrogen) atoms. The normalized spacial score (nSPS) is 22.7. The first kappa shape index (κ1) is 26.4. The zero-order valence-electron chi connectivity index (χ0n) is 21.8. The Balaban J connectivity index is 1.14. The van der Waals surface area contributed by atoms with Gasteiger partial charge in [-0.25, -0.2) is 9.59 Å². The van der Waals surface area contributed by atoms with E-state index in [9.17, 15) is 19.2 Å². The van der Waals surface area contributed by atoms with Gasteiger partial charge in [0.05, 0.1) is 0 Å². The van der Waals surface area contributed by atoms with E-state index in [0.717, 1.165) is 101 Å². The molecule has 4 aliphatic rings. The Morgan fingerprint density at radius 2 is 1.00 bits per heavy atom. The van der Waals surface area contributed by atoms with Gasteiger partial charge in [-0.3, -0.25) is 9.59 Å². The van der Waals surface area contributed by atoms with Crippen LogP contribution in [0.15, 0.2) is 22.3 Å². The zero-order chi connectivity index (χ0) is 25.8. The standard InChI is InChI=1S/C28H40N2O6/c1-19-21(25(33)35-27(19)13-7-5-8-14-27)23(31)29-17-11-3-4-12-18-30-24(32)22-20(2)28(36-26(22)34)15-9-6-10-16-28/h3-18H2,1-2H3,(H,29,31)(H,30,32). The minimum Gasteiger partial charge on any atom is -0.451 e. The van der Waals surface area contributed by atoms with Crippen molar-refractivity contribution in [1.29, 1.82) is 0 Å². The van der Waals surface area contributed by atoms with Crippen molar-refractivity contribution >= 4 is 23.8 Å². The van der Waals surface area contributed by atoms with Crippen LogP contribution in [-0.4, -0.2) is 48.0 Å². The Morgan fingerprint density at radius 1 is 0.639 bits per heavy atom. The highest BCUT2D eigenvalue weighted by Crippen LogP contribution is 2.44. The third kappa shape index (κ3) is 5.23. The lowest BCUT2D eigenvalue weighted by molar-refractivity contribution is -0.151. The maximum Gasteiger partial charge on any atom is 0.344 e. The Bertz CT molecular complexity index is 889. The summed E-state index contributed by atoms with van der Waals surface area (Å²) in [4.78, 5) is 50.0. The summed E-state index contributed by atoms with van der Waals surface area (Å²) < 4.78 is 11.3. The maximum absolute atomic E-state index is 12.6. The van der Waals surface area contributed by atoms with Crippen LogP contribution in [0.1, 0.15) is 104 Å². The summed E-state index contributed by atoms with van der Waals surface area (Å²) in [6, 6.07) is 0. The monoisotopic (exact) mass is 500 g/mol. The summed E-state index contributed by atoms with van der Waals surface area (Å²) in [5.41, 5.74) is 0.813. The minimum atomic E-state index is -0.562. The van der Waals surface area contributed by atoms with Gasteiger partial charge in [-0.2, -0.15) is 0 Å². The summed E-state index contributed by atoms with van der Waals surface area (Å²) in [6.07, 6.45) is 12.9. The van der Waals surface area contributed by atoms with Crippen LogP contribution in [0.3, 0.4) is 0 Å².